The first-order chi connectivity index (χ1) is 12.6. The number of carbonyl (C=O) groups is 1. The van der Waals surface area contributed by atoms with E-state index in [4.69, 9.17) is 0 Å². The minimum absolute atomic E-state index is 0.0455. The molecule has 3 aromatic rings. The van der Waals surface area contributed by atoms with Crippen molar-refractivity contribution in [3.8, 4) is 0 Å². The highest BCUT2D eigenvalue weighted by molar-refractivity contribution is 5.96. The van der Waals surface area contributed by atoms with Crippen LogP contribution >= 0.6 is 0 Å². The predicted molar refractivity (Wildman–Crippen MR) is 109 cm³/mol. The quantitative estimate of drug-likeness (QED) is 0.677. The van der Waals surface area contributed by atoms with Crippen LogP contribution in [0.1, 0.15) is 17.2 Å². The van der Waals surface area contributed by atoms with Gasteiger partial charge in [-0.25, -0.2) is 0 Å². The molecule has 3 aromatic carbocycles. The molecule has 0 saturated carbocycles. The van der Waals surface area contributed by atoms with Crippen LogP contribution in [0.3, 0.4) is 0 Å². The molecule has 3 rings (SSSR count). The van der Waals surface area contributed by atoms with Crippen molar-refractivity contribution in [3.05, 3.63) is 90.0 Å². The second-order valence-corrected chi connectivity index (χ2v) is 6.64. The average Bonchev–Trinajstić information content (AvgIpc) is 2.66. The van der Waals surface area contributed by atoms with E-state index in [-0.39, 0.29) is 11.9 Å². The van der Waals surface area contributed by atoms with Gasteiger partial charge in [0, 0.05) is 12.6 Å². The molecule has 1 N–H and O–H groups in total. The van der Waals surface area contributed by atoms with Crippen LogP contribution in [-0.4, -0.2) is 31.4 Å². The SMILES string of the molecule is CN(C)C[C@H](NC(=O)/C=C/c1cccc2ccccc12)c1ccccc1. The number of hydrogen-bond acceptors (Lipinski definition) is 2. The van der Waals surface area contributed by atoms with Gasteiger partial charge in [0.05, 0.1) is 6.04 Å². The minimum Gasteiger partial charge on any atom is -0.344 e. The zero-order valence-corrected chi connectivity index (χ0v) is 15.2. The second kappa shape index (κ2) is 8.45. The Balaban J connectivity index is 1.76. The Morgan fingerprint density at radius 1 is 0.962 bits per heavy atom. The first-order valence-electron chi connectivity index (χ1n) is 8.79. The van der Waals surface area contributed by atoms with Crippen molar-refractivity contribution in [2.24, 2.45) is 0 Å². The summed E-state index contributed by atoms with van der Waals surface area (Å²) in [5.41, 5.74) is 2.15. The van der Waals surface area contributed by atoms with Gasteiger partial charge in [0.1, 0.15) is 0 Å². The third-order valence-corrected chi connectivity index (χ3v) is 4.30. The lowest BCUT2D eigenvalue weighted by Gasteiger charge is -2.22. The fraction of sp³-hybridized carbons (Fsp3) is 0.174. The van der Waals surface area contributed by atoms with Crippen LogP contribution in [0, 0.1) is 0 Å². The van der Waals surface area contributed by atoms with Gasteiger partial charge in [-0.3, -0.25) is 4.79 Å². The molecule has 3 nitrogen and oxygen atoms in total. The Morgan fingerprint density at radius 3 is 2.42 bits per heavy atom. The van der Waals surface area contributed by atoms with E-state index >= 15 is 0 Å². The Morgan fingerprint density at radius 2 is 1.65 bits per heavy atom. The van der Waals surface area contributed by atoms with Gasteiger partial charge in [0.25, 0.3) is 0 Å². The first kappa shape index (κ1) is 17.9. The maximum atomic E-state index is 12.5. The highest BCUT2D eigenvalue weighted by atomic mass is 16.1. The van der Waals surface area contributed by atoms with Crippen LogP contribution < -0.4 is 5.32 Å². The topological polar surface area (TPSA) is 32.3 Å². The zero-order chi connectivity index (χ0) is 18.4. The Labute approximate surface area is 155 Å². The molecule has 0 aliphatic rings. The summed E-state index contributed by atoms with van der Waals surface area (Å²) >= 11 is 0. The maximum Gasteiger partial charge on any atom is 0.244 e. The van der Waals surface area contributed by atoms with Gasteiger partial charge < -0.3 is 10.2 Å². The van der Waals surface area contributed by atoms with Crippen LogP contribution in [0.15, 0.2) is 78.9 Å². The van der Waals surface area contributed by atoms with Crippen LogP contribution in [0.5, 0.6) is 0 Å². The summed E-state index contributed by atoms with van der Waals surface area (Å²) in [6.07, 6.45) is 3.50. The molecule has 1 amide bonds. The first-order valence-corrected chi connectivity index (χ1v) is 8.79. The van der Waals surface area contributed by atoms with Gasteiger partial charge >= 0.3 is 0 Å². The van der Waals surface area contributed by atoms with Gasteiger partial charge in [0.2, 0.25) is 5.91 Å². The predicted octanol–water partition coefficient (Wildman–Crippen LogP) is 4.27. The van der Waals surface area contributed by atoms with Gasteiger partial charge in [0.15, 0.2) is 0 Å². The summed E-state index contributed by atoms with van der Waals surface area (Å²) in [6, 6.07) is 24.3. The number of fused-ring (bicyclic) bond motifs is 1. The van der Waals surface area contributed by atoms with Crippen LogP contribution in [-0.2, 0) is 4.79 Å². The molecule has 26 heavy (non-hydrogen) atoms. The van der Waals surface area contributed by atoms with Gasteiger partial charge in [-0.2, -0.15) is 0 Å². The van der Waals surface area contributed by atoms with Crippen molar-refractivity contribution in [1.29, 1.82) is 0 Å². The van der Waals surface area contributed by atoms with E-state index in [9.17, 15) is 4.79 Å². The lowest BCUT2D eigenvalue weighted by atomic mass is 10.0. The molecule has 0 bridgehead atoms. The second-order valence-electron chi connectivity index (χ2n) is 6.64. The number of rotatable bonds is 6. The molecule has 0 aromatic heterocycles. The Bertz CT molecular complexity index is 895. The fourth-order valence-corrected chi connectivity index (χ4v) is 3.07. The third kappa shape index (κ3) is 4.58. The van der Waals surface area contributed by atoms with Crippen molar-refractivity contribution in [1.82, 2.24) is 10.2 Å². The normalized spacial score (nSPS) is 12.6. The van der Waals surface area contributed by atoms with E-state index in [1.54, 1.807) is 6.08 Å². The number of likely N-dealkylation sites (N-methyl/N-ethyl adjacent to an activating group) is 1. The molecule has 0 fully saturated rings. The van der Waals surface area contributed by atoms with Crippen LogP contribution in [0.2, 0.25) is 0 Å². The third-order valence-electron chi connectivity index (χ3n) is 4.30. The molecule has 0 radical (unpaired) electrons. The number of nitrogens with one attached hydrogen (secondary N) is 1. The molecule has 0 aliphatic heterocycles. The van der Waals surface area contributed by atoms with Crippen LogP contribution in [0.4, 0.5) is 0 Å². The van der Waals surface area contributed by atoms with E-state index < -0.39 is 0 Å². The summed E-state index contributed by atoms with van der Waals surface area (Å²) in [5, 5.41) is 5.43. The molecule has 0 saturated heterocycles. The lowest BCUT2D eigenvalue weighted by molar-refractivity contribution is -0.117. The molecule has 0 heterocycles. The molecule has 0 aliphatic carbocycles. The number of hydrogen-bond donors (Lipinski definition) is 1. The van der Waals surface area contributed by atoms with Gasteiger partial charge in [-0.05, 0) is 42.1 Å². The van der Waals surface area contributed by atoms with Crippen molar-refractivity contribution in [2.45, 2.75) is 6.04 Å². The largest absolute Gasteiger partial charge is 0.344 e. The van der Waals surface area contributed by atoms with E-state index in [0.29, 0.717) is 0 Å². The highest BCUT2D eigenvalue weighted by Gasteiger charge is 2.14. The monoisotopic (exact) mass is 344 g/mol. The fourth-order valence-electron chi connectivity index (χ4n) is 3.07. The average molecular weight is 344 g/mol. The van der Waals surface area contributed by atoms with Gasteiger partial charge in [-0.1, -0.05) is 72.8 Å². The van der Waals surface area contributed by atoms with Crippen molar-refractivity contribution in [2.75, 3.05) is 20.6 Å². The van der Waals surface area contributed by atoms with E-state index in [1.165, 1.54) is 5.39 Å². The lowest BCUT2D eigenvalue weighted by Crippen LogP contribution is -2.34. The number of carbonyl (C=O) groups excluding carboxylic acids is 1. The Kier molecular flexibility index (Phi) is 5.82. The standard InChI is InChI=1S/C23H24N2O/c1-25(2)17-22(20-10-4-3-5-11-20)24-23(26)16-15-19-13-8-12-18-9-6-7-14-21(18)19/h3-16,22H,17H2,1-2H3,(H,24,26)/b16-15+/t22-/m0/s1. The van der Waals surface area contributed by atoms with E-state index in [0.717, 1.165) is 23.1 Å². The van der Waals surface area contributed by atoms with Crippen LogP contribution in [0.25, 0.3) is 16.8 Å². The van der Waals surface area contributed by atoms with Crippen molar-refractivity contribution < 1.29 is 4.79 Å². The smallest absolute Gasteiger partial charge is 0.244 e. The molecular weight excluding hydrogens is 320 g/mol. The number of amides is 1. The Hall–Kier alpha value is -2.91. The number of benzene rings is 3. The maximum absolute atomic E-state index is 12.5. The number of nitrogens with zero attached hydrogens (tertiary/aromatic N) is 1. The summed E-state index contributed by atoms with van der Waals surface area (Å²) in [4.78, 5) is 14.6. The molecular formula is C23H24N2O. The van der Waals surface area contributed by atoms with E-state index in [2.05, 4.69) is 28.4 Å². The molecule has 132 valence electrons. The molecule has 0 unspecified atom stereocenters. The minimum atomic E-state index is -0.0892. The summed E-state index contributed by atoms with van der Waals surface area (Å²) in [7, 11) is 4.02. The summed E-state index contributed by atoms with van der Waals surface area (Å²) in [5.74, 6) is -0.0892. The van der Waals surface area contributed by atoms with E-state index in [1.807, 2.05) is 74.8 Å². The highest BCUT2D eigenvalue weighted by Crippen LogP contribution is 2.19. The summed E-state index contributed by atoms with van der Waals surface area (Å²) in [6.45, 7) is 0.748. The molecule has 3 heteroatoms. The summed E-state index contributed by atoms with van der Waals surface area (Å²) < 4.78 is 0. The zero-order valence-electron chi connectivity index (χ0n) is 15.2. The van der Waals surface area contributed by atoms with Gasteiger partial charge in [-0.15, -0.1) is 0 Å². The molecule has 0 spiro atoms. The van der Waals surface area contributed by atoms with Crippen molar-refractivity contribution >= 4 is 22.8 Å². The van der Waals surface area contributed by atoms with Crippen molar-refractivity contribution in [3.63, 3.8) is 0 Å². The molecule has 1 atom stereocenters.